The lowest BCUT2D eigenvalue weighted by Crippen LogP contribution is -2.32. The highest BCUT2D eigenvalue weighted by atomic mass is 127. The van der Waals surface area contributed by atoms with Crippen molar-refractivity contribution in [2.24, 2.45) is 0 Å². The number of likely N-dealkylation sites (tertiary alicyclic amines) is 1. The Labute approximate surface area is 83.8 Å². The summed E-state index contributed by atoms with van der Waals surface area (Å²) in [4.78, 5) is 2.53. The Hall–Kier alpha value is 1.42. The quantitative estimate of drug-likeness (QED) is 0.399. The molecule has 0 aromatic rings. The smallest absolute Gasteiger partial charge is 0.114 e. The molecule has 0 bridgehead atoms. The van der Waals surface area contributed by atoms with Crippen LogP contribution in [0.4, 0.5) is 0 Å². The van der Waals surface area contributed by atoms with Crippen molar-refractivity contribution in [3.05, 3.63) is 0 Å². The van der Waals surface area contributed by atoms with E-state index >= 15 is 0 Å². The van der Waals surface area contributed by atoms with Crippen molar-refractivity contribution < 1.29 is 0 Å². The zero-order valence-electron chi connectivity index (χ0n) is 5.32. The van der Waals surface area contributed by atoms with Gasteiger partial charge in [0.2, 0.25) is 0 Å². The van der Waals surface area contributed by atoms with Gasteiger partial charge in [-0.15, -0.1) is 0 Å². The zero-order chi connectivity index (χ0) is 6.69. The van der Waals surface area contributed by atoms with E-state index in [1.54, 1.807) is 0 Å². The summed E-state index contributed by atoms with van der Waals surface area (Å²) in [5, 5.41) is 0. The van der Waals surface area contributed by atoms with Crippen LogP contribution in [0.5, 0.6) is 0 Å². The molecule has 54 valence electrons. The molecule has 1 aliphatic heterocycles. The minimum absolute atomic E-state index is 0.709. The van der Waals surface area contributed by atoms with Gasteiger partial charge in [-0.1, -0.05) is 51.6 Å². The summed E-state index contributed by atoms with van der Waals surface area (Å²) in [7, 11) is 0. The van der Waals surface area contributed by atoms with Gasteiger partial charge in [0.05, 0.1) is 0 Å². The Morgan fingerprint density at radius 1 is 1.00 bits per heavy atom. The van der Waals surface area contributed by atoms with Gasteiger partial charge in [0.1, 0.15) is 2.06 Å². The SMILES string of the molecule is IC(I)N1CCCCC1. The van der Waals surface area contributed by atoms with Crippen molar-refractivity contribution >= 4 is 45.2 Å². The van der Waals surface area contributed by atoms with Crippen LogP contribution < -0.4 is 0 Å². The monoisotopic (exact) mass is 351 g/mol. The van der Waals surface area contributed by atoms with Gasteiger partial charge in [-0.25, -0.2) is 0 Å². The molecular formula is C6H11I2N. The minimum atomic E-state index is 0.709. The van der Waals surface area contributed by atoms with Gasteiger partial charge >= 0.3 is 0 Å². The third kappa shape index (κ3) is 2.88. The first kappa shape index (κ1) is 8.52. The molecule has 1 fully saturated rings. The molecule has 0 aromatic carbocycles. The number of piperidine rings is 1. The molecule has 1 heterocycles. The largest absolute Gasteiger partial charge is 0.284 e. The molecule has 0 atom stereocenters. The molecule has 1 aliphatic rings. The van der Waals surface area contributed by atoms with E-state index in [-0.39, 0.29) is 0 Å². The molecular weight excluding hydrogens is 340 g/mol. The Kier molecular flexibility index (Phi) is 4.10. The molecule has 0 unspecified atom stereocenters. The second-order valence-electron chi connectivity index (χ2n) is 2.37. The molecule has 1 nitrogen and oxygen atoms in total. The third-order valence-corrected chi connectivity index (χ3v) is 3.24. The summed E-state index contributed by atoms with van der Waals surface area (Å²) in [6, 6.07) is 0. The van der Waals surface area contributed by atoms with E-state index in [9.17, 15) is 0 Å². The van der Waals surface area contributed by atoms with Crippen molar-refractivity contribution in [3.8, 4) is 0 Å². The average molecular weight is 351 g/mol. The number of alkyl halides is 2. The van der Waals surface area contributed by atoms with E-state index in [0.29, 0.717) is 2.06 Å². The highest BCUT2D eigenvalue weighted by molar-refractivity contribution is 14.2. The maximum atomic E-state index is 2.53. The summed E-state index contributed by atoms with van der Waals surface area (Å²) in [6.07, 6.45) is 4.25. The first-order valence-electron chi connectivity index (χ1n) is 3.33. The van der Waals surface area contributed by atoms with Gasteiger partial charge in [-0.05, 0) is 25.9 Å². The summed E-state index contributed by atoms with van der Waals surface area (Å²) in [6.45, 7) is 2.63. The normalized spacial score (nSPS) is 23.0. The molecule has 0 amide bonds. The van der Waals surface area contributed by atoms with Gasteiger partial charge in [0.25, 0.3) is 0 Å². The van der Waals surface area contributed by atoms with E-state index in [1.807, 2.05) is 0 Å². The number of hydrogen-bond donors (Lipinski definition) is 0. The van der Waals surface area contributed by atoms with Crippen LogP contribution in [0.1, 0.15) is 19.3 Å². The van der Waals surface area contributed by atoms with Gasteiger partial charge in [0, 0.05) is 0 Å². The Balaban J connectivity index is 2.23. The standard InChI is InChI=1S/C6H11I2N/c7-6(8)9-4-2-1-3-5-9/h6H,1-5H2. The van der Waals surface area contributed by atoms with Gasteiger partial charge < -0.3 is 0 Å². The second kappa shape index (κ2) is 4.33. The average Bonchev–Trinajstić information content (AvgIpc) is 1.90. The van der Waals surface area contributed by atoms with E-state index < -0.39 is 0 Å². The summed E-state index contributed by atoms with van der Waals surface area (Å²) >= 11 is 4.95. The van der Waals surface area contributed by atoms with Crippen LogP contribution in [0.3, 0.4) is 0 Å². The second-order valence-corrected chi connectivity index (χ2v) is 7.12. The lowest BCUT2D eigenvalue weighted by Gasteiger charge is -2.27. The van der Waals surface area contributed by atoms with Crippen LogP contribution in [0.2, 0.25) is 0 Å². The summed E-state index contributed by atoms with van der Waals surface area (Å²) < 4.78 is 0.709. The van der Waals surface area contributed by atoms with Crippen LogP contribution in [0.25, 0.3) is 0 Å². The molecule has 0 saturated carbocycles. The highest BCUT2D eigenvalue weighted by Gasteiger charge is 2.13. The predicted molar refractivity (Wildman–Crippen MR) is 57.3 cm³/mol. The fourth-order valence-electron chi connectivity index (χ4n) is 1.11. The number of rotatable bonds is 1. The summed E-state index contributed by atoms with van der Waals surface area (Å²) in [5.41, 5.74) is 0. The molecule has 0 N–H and O–H groups in total. The number of halogens is 2. The summed E-state index contributed by atoms with van der Waals surface area (Å²) in [5.74, 6) is 0. The van der Waals surface area contributed by atoms with E-state index in [0.717, 1.165) is 0 Å². The highest BCUT2D eigenvalue weighted by Crippen LogP contribution is 2.20. The van der Waals surface area contributed by atoms with Gasteiger partial charge in [-0.3, -0.25) is 4.90 Å². The molecule has 0 radical (unpaired) electrons. The fraction of sp³-hybridized carbons (Fsp3) is 1.00. The van der Waals surface area contributed by atoms with E-state index in [1.165, 1.54) is 32.4 Å². The third-order valence-electron chi connectivity index (χ3n) is 1.67. The van der Waals surface area contributed by atoms with Crippen molar-refractivity contribution in [2.45, 2.75) is 21.3 Å². The van der Waals surface area contributed by atoms with Crippen LogP contribution in [0, 0.1) is 0 Å². The Morgan fingerprint density at radius 2 is 1.56 bits per heavy atom. The molecule has 1 saturated heterocycles. The van der Waals surface area contributed by atoms with E-state index in [4.69, 9.17) is 0 Å². The molecule has 3 heteroatoms. The minimum Gasteiger partial charge on any atom is -0.284 e. The van der Waals surface area contributed by atoms with Crippen molar-refractivity contribution in [1.29, 1.82) is 0 Å². The molecule has 1 rings (SSSR count). The number of nitrogens with zero attached hydrogens (tertiary/aromatic N) is 1. The molecule has 0 spiro atoms. The zero-order valence-corrected chi connectivity index (χ0v) is 9.63. The maximum absolute atomic E-state index is 2.53. The Morgan fingerprint density at radius 3 is 1.89 bits per heavy atom. The first-order chi connectivity index (χ1) is 4.30. The lowest BCUT2D eigenvalue weighted by molar-refractivity contribution is 0.265. The van der Waals surface area contributed by atoms with Crippen molar-refractivity contribution in [2.75, 3.05) is 13.1 Å². The molecule has 9 heavy (non-hydrogen) atoms. The topological polar surface area (TPSA) is 3.24 Å². The fourth-order valence-corrected chi connectivity index (χ4v) is 2.23. The van der Waals surface area contributed by atoms with Crippen LogP contribution >= 0.6 is 45.2 Å². The van der Waals surface area contributed by atoms with Crippen LogP contribution in [-0.2, 0) is 0 Å². The Bertz CT molecular complexity index is 79.1. The van der Waals surface area contributed by atoms with E-state index in [2.05, 4.69) is 50.1 Å². The number of hydrogen-bond acceptors (Lipinski definition) is 1. The molecule has 0 aromatic heterocycles. The predicted octanol–water partition coefficient (Wildman–Crippen LogP) is 2.63. The maximum Gasteiger partial charge on any atom is 0.114 e. The van der Waals surface area contributed by atoms with Crippen molar-refractivity contribution in [3.63, 3.8) is 0 Å². The molecule has 0 aliphatic carbocycles. The van der Waals surface area contributed by atoms with Crippen molar-refractivity contribution in [1.82, 2.24) is 4.90 Å². The van der Waals surface area contributed by atoms with Gasteiger partial charge in [-0.2, -0.15) is 0 Å². The van der Waals surface area contributed by atoms with Crippen LogP contribution in [0.15, 0.2) is 0 Å². The van der Waals surface area contributed by atoms with Crippen LogP contribution in [-0.4, -0.2) is 20.0 Å². The van der Waals surface area contributed by atoms with Gasteiger partial charge in [0.15, 0.2) is 0 Å². The lowest BCUT2D eigenvalue weighted by atomic mass is 10.1. The first-order valence-corrected chi connectivity index (χ1v) is 5.82.